The first-order valence-corrected chi connectivity index (χ1v) is 7.79. The van der Waals surface area contributed by atoms with Crippen molar-refractivity contribution in [2.45, 2.75) is 27.2 Å². The minimum Gasteiger partial charge on any atom is -0.456 e. The lowest BCUT2D eigenvalue weighted by molar-refractivity contribution is -0.121. The Bertz CT molecular complexity index is 799. The van der Waals surface area contributed by atoms with Gasteiger partial charge in [-0.2, -0.15) is 5.10 Å². The Morgan fingerprint density at radius 1 is 1.29 bits per heavy atom. The summed E-state index contributed by atoms with van der Waals surface area (Å²) in [7, 11) is 0. The summed E-state index contributed by atoms with van der Waals surface area (Å²) in [6, 6.07) is 9.09. The molecule has 1 aliphatic heterocycles. The Balaban J connectivity index is 1.73. The SMILES string of the molecule is Cc1cc(C(=O)Nc2ccc(C3=NNC(=O)CC3C)cc2)oc1C. The van der Waals surface area contributed by atoms with Gasteiger partial charge in [0, 0.05) is 18.0 Å². The first kappa shape index (κ1) is 16.0. The molecule has 1 aromatic carbocycles. The summed E-state index contributed by atoms with van der Waals surface area (Å²) in [5.74, 6) is 0.742. The molecule has 3 rings (SSSR count). The molecule has 0 fully saturated rings. The number of hydrazone groups is 1. The second kappa shape index (κ2) is 6.31. The topological polar surface area (TPSA) is 83.7 Å². The Morgan fingerprint density at radius 3 is 2.58 bits per heavy atom. The normalized spacial score (nSPS) is 17.2. The molecule has 124 valence electrons. The number of furan rings is 1. The van der Waals surface area contributed by atoms with E-state index in [2.05, 4.69) is 15.8 Å². The molecule has 0 spiro atoms. The van der Waals surface area contributed by atoms with Gasteiger partial charge in [-0.1, -0.05) is 19.1 Å². The highest BCUT2D eigenvalue weighted by Crippen LogP contribution is 2.19. The van der Waals surface area contributed by atoms with Crippen molar-refractivity contribution in [3.8, 4) is 0 Å². The van der Waals surface area contributed by atoms with Crippen LogP contribution < -0.4 is 10.7 Å². The van der Waals surface area contributed by atoms with Crippen molar-refractivity contribution in [3.63, 3.8) is 0 Å². The van der Waals surface area contributed by atoms with Crippen molar-refractivity contribution in [1.29, 1.82) is 0 Å². The van der Waals surface area contributed by atoms with E-state index < -0.39 is 0 Å². The van der Waals surface area contributed by atoms with Gasteiger partial charge in [-0.3, -0.25) is 9.59 Å². The van der Waals surface area contributed by atoms with E-state index in [4.69, 9.17) is 4.42 Å². The zero-order valence-electron chi connectivity index (χ0n) is 13.8. The highest BCUT2D eigenvalue weighted by Gasteiger charge is 2.21. The van der Waals surface area contributed by atoms with Crippen molar-refractivity contribution in [2.75, 3.05) is 5.32 Å². The van der Waals surface area contributed by atoms with Gasteiger partial charge in [-0.05, 0) is 43.2 Å². The number of carbonyl (C=O) groups excluding carboxylic acids is 2. The molecular weight excluding hydrogens is 306 g/mol. The van der Waals surface area contributed by atoms with Crippen molar-refractivity contribution in [2.24, 2.45) is 11.0 Å². The molecule has 0 bridgehead atoms. The van der Waals surface area contributed by atoms with Crippen LogP contribution in [0.3, 0.4) is 0 Å². The van der Waals surface area contributed by atoms with Crippen molar-refractivity contribution in [3.05, 3.63) is 53.0 Å². The van der Waals surface area contributed by atoms with Crippen LogP contribution in [-0.4, -0.2) is 17.5 Å². The molecular formula is C18H19N3O3. The summed E-state index contributed by atoms with van der Waals surface area (Å²) < 4.78 is 5.42. The third-order valence-electron chi connectivity index (χ3n) is 4.09. The third-order valence-corrected chi connectivity index (χ3v) is 4.09. The summed E-state index contributed by atoms with van der Waals surface area (Å²) in [4.78, 5) is 23.5. The minimum atomic E-state index is -0.283. The number of amides is 2. The molecule has 2 N–H and O–H groups in total. The van der Waals surface area contributed by atoms with E-state index in [1.165, 1.54) is 0 Å². The van der Waals surface area contributed by atoms with Gasteiger partial charge in [0.05, 0.1) is 5.71 Å². The maximum absolute atomic E-state index is 12.2. The molecule has 1 aromatic heterocycles. The second-order valence-corrected chi connectivity index (χ2v) is 6.02. The lowest BCUT2D eigenvalue weighted by Crippen LogP contribution is -2.31. The average molecular weight is 325 g/mol. The molecule has 0 radical (unpaired) electrons. The number of anilines is 1. The zero-order chi connectivity index (χ0) is 17.3. The van der Waals surface area contributed by atoms with Gasteiger partial charge in [-0.15, -0.1) is 0 Å². The Hall–Kier alpha value is -2.89. The van der Waals surface area contributed by atoms with Crippen molar-refractivity contribution < 1.29 is 14.0 Å². The molecule has 0 saturated heterocycles. The molecule has 6 nitrogen and oxygen atoms in total. The van der Waals surface area contributed by atoms with Crippen molar-refractivity contribution in [1.82, 2.24) is 5.43 Å². The largest absolute Gasteiger partial charge is 0.456 e. The van der Waals surface area contributed by atoms with E-state index in [-0.39, 0.29) is 17.7 Å². The number of rotatable bonds is 3. The lowest BCUT2D eigenvalue weighted by atomic mass is 9.94. The van der Waals surface area contributed by atoms with Crippen LogP contribution in [0.25, 0.3) is 0 Å². The summed E-state index contributed by atoms with van der Waals surface area (Å²) in [6.45, 7) is 5.69. The number of hydrogen-bond acceptors (Lipinski definition) is 4. The fraction of sp³-hybridized carbons (Fsp3) is 0.278. The standard InChI is InChI=1S/C18H19N3O3/c1-10-8-15(24-12(10)3)18(23)19-14-6-4-13(5-7-14)17-11(2)9-16(22)20-21-17/h4-8,11H,9H2,1-3H3,(H,19,23)(H,20,22). The molecule has 2 aromatic rings. The van der Waals surface area contributed by atoms with Gasteiger partial charge < -0.3 is 9.73 Å². The molecule has 1 atom stereocenters. The predicted octanol–water partition coefficient (Wildman–Crippen LogP) is 3.01. The fourth-order valence-electron chi connectivity index (χ4n) is 2.60. The molecule has 1 aliphatic rings. The number of hydrogen-bond donors (Lipinski definition) is 2. The van der Waals surface area contributed by atoms with Gasteiger partial charge in [0.15, 0.2) is 5.76 Å². The Kier molecular flexibility index (Phi) is 4.20. The summed E-state index contributed by atoms with van der Waals surface area (Å²) in [5.41, 5.74) is 5.88. The second-order valence-electron chi connectivity index (χ2n) is 6.02. The first-order valence-electron chi connectivity index (χ1n) is 7.79. The molecule has 6 heteroatoms. The van der Waals surface area contributed by atoms with Crippen LogP contribution >= 0.6 is 0 Å². The van der Waals surface area contributed by atoms with Gasteiger partial charge in [-0.25, -0.2) is 5.43 Å². The average Bonchev–Trinajstić information content (AvgIpc) is 2.88. The van der Waals surface area contributed by atoms with Gasteiger partial charge >= 0.3 is 0 Å². The van der Waals surface area contributed by atoms with E-state index >= 15 is 0 Å². The molecule has 1 unspecified atom stereocenters. The minimum absolute atomic E-state index is 0.0632. The van der Waals surface area contributed by atoms with E-state index in [1.807, 2.05) is 45.0 Å². The smallest absolute Gasteiger partial charge is 0.291 e. The fourth-order valence-corrected chi connectivity index (χ4v) is 2.60. The van der Waals surface area contributed by atoms with Crippen LogP contribution in [0.5, 0.6) is 0 Å². The van der Waals surface area contributed by atoms with Crippen LogP contribution in [0.1, 0.15) is 40.8 Å². The van der Waals surface area contributed by atoms with Crippen molar-refractivity contribution >= 4 is 23.2 Å². The number of nitrogens with zero attached hydrogens (tertiary/aromatic N) is 1. The van der Waals surface area contributed by atoms with Crippen LogP contribution in [0.4, 0.5) is 5.69 Å². The maximum Gasteiger partial charge on any atom is 0.291 e. The van der Waals surface area contributed by atoms with E-state index in [1.54, 1.807) is 6.07 Å². The molecule has 2 heterocycles. The zero-order valence-corrected chi connectivity index (χ0v) is 13.8. The number of nitrogens with one attached hydrogen (secondary N) is 2. The first-order chi connectivity index (χ1) is 11.4. The van der Waals surface area contributed by atoms with Gasteiger partial charge in [0.2, 0.25) is 5.91 Å². The summed E-state index contributed by atoms with van der Waals surface area (Å²) in [5, 5.41) is 6.93. The molecule has 2 amide bonds. The van der Waals surface area contributed by atoms with Gasteiger partial charge in [0.1, 0.15) is 5.76 Å². The Morgan fingerprint density at radius 2 is 2.00 bits per heavy atom. The van der Waals surface area contributed by atoms with E-state index in [0.717, 1.165) is 22.6 Å². The molecule has 24 heavy (non-hydrogen) atoms. The number of benzene rings is 1. The summed E-state index contributed by atoms with van der Waals surface area (Å²) >= 11 is 0. The molecule has 0 saturated carbocycles. The summed E-state index contributed by atoms with van der Waals surface area (Å²) in [6.07, 6.45) is 0.425. The third kappa shape index (κ3) is 3.22. The van der Waals surface area contributed by atoms with Crippen LogP contribution in [0.2, 0.25) is 0 Å². The van der Waals surface area contributed by atoms with Crippen LogP contribution in [-0.2, 0) is 4.79 Å². The number of carbonyl (C=O) groups is 2. The van der Waals surface area contributed by atoms with Crippen LogP contribution in [0.15, 0.2) is 39.9 Å². The highest BCUT2D eigenvalue weighted by molar-refractivity contribution is 6.06. The maximum atomic E-state index is 12.2. The van der Waals surface area contributed by atoms with Gasteiger partial charge in [0.25, 0.3) is 5.91 Å². The molecule has 0 aliphatic carbocycles. The predicted molar refractivity (Wildman–Crippen MR) is 91.0 cm³/mol. The highest BCUT2D eigenvalue weighted by atomic mass is 16.3. The quantitative estimate of drug-likeness (QED) is 0.910. The monoisotopic (exact) mass is 325 g/mol. The van der Waals surface area contributed by atoms with Crippen LogP contribution in [0, 0.1) is 19.8 Å². The Labute approximate surface area is 139 Å². The van der Waals surface area contributed by atoms with E-state index in [9.17, 15) is 9.59 Å². The lowest BCUT2D eigenvalue weighted by Gasteiger charge is -2.19. The number of aryl methyl sites for hydroxylation is 2. The van der Waals surface area contributed by atoms with E-state index in [0.29, 0.717) is 17.9 Å².